The van der Waals surface area contributed by atoms with Gasteiger partial charge in [-0.3, -0.25) is 0 Å². The molecule has 8 heteroatoms. The SMILES string of the molecule is FC(F)(F)C1=NS2=NS(=N1)CC2. The van der Waals surface area contributed by atoms with E-state index in [1.807, 2.05) is 0 Å². The molecular formula is C4H4F3N3S2. The van der Waals surface area contributed by atoms with Gasteiger partial charge < -0.3 is 0 Å². The van der Waals surface area contributed by atoms with Gasteiger partial charge in [0, 0.05) is 33.3 Å². The van der Waals surface area contributed by atoms with Gasteiger partial charge in [0.15, 0.2) is 0 Å². The molecule has 2 aliphatic rings. The lowest BCUT2D eigenvalue weighted by molar-refractivity contribution is -0.0593. The highest BCUT2D eigenvalue weighted by Gasteiger charge is 2.39. The molecule has 3 nitrogen and oxygen atoms in total. The molecule has 12 heavy (non-hydrogen) atoms. The van der Waals surface area contributed by atoms with Gasteiger partial charge in [-0.05, 0) is 0 Å². The number of hydrogen-bond donors (Lipinski definition) is 0. The van der Waals surface area contributed by atoms with Crippen molar-refractivity contribution in [2.45, 2.75) is 6.18 Å². The van der Waals surface area contributed by atoms with E-state index in [1.54, 1.807) is 0 Å². The molecule has 0 amide bonds. The molecule has 0 saturated carbocycles. The highest BCUT2D eigenvalue weighted by molar-refractivity contribution is 8.01. The molecule has 0 aromatic carbocycles. The molecule has 68 valence electrons. The van der Waals surface area contributed by atoms with Crippen molar-refractivity contribution >= 4 is 27.6 Å². The van der Waals surface area contributed by atoms with Gasteiger partial charge in [-0.25, -0.2) is 0 Å². The summed E-state index contributed by atoms with van der Waals surface area (Å²) < 4.78 is 46.9. The van der Waals surface area contributed by atoms with Crippen LogP contribution in [0.3, 0.4) is 0 Å². The third-order valence-electron chi connectivity index (χ3n) is 1.26. The van der Waals surface area contributed by atoms with Gasteiger partial charge in [-0.15, -0.1) is 0 Å². The van der Waals surface area contributed by atoms with E-state index in [9.17, 15) is 13.2 Å². The fourth-order valence-corrected chi connectivity index (χ4v) is 4.54. The second-order valence-electron chi connectivity index (χ2n) is 2.17. The van der Waals surface area contributed by atoms with E-state index in [0.29, 0.717) is 11.5 Å². The minimum Gasteiger partial charge on any atom is -0.180 e. The van der Waals surface area contributed by atoms with Crippen LogP contribution in [0.5, 0.6) is 0 Å². The van der Waals surface area contributed by atoms with Crippen LogP contribution in [0.2, 0.25) is 0 Å². The Labute approximate surface area is 71.5 Å². The predicted molar refractivity (Wildman–Crippen MR) is 42.8 cm³/mol. The van der Waals surface area contributed by atoms with Crippen LogP contribution in [-0.2, 0) is 21.8 Å². The van der Waals surface area contributed by atoms with Gasteiger partial charge >= 0.3 is 6.18 Å². The molecule has 2 rings (SSSR count). The molecule has 0 N–H and O–H groups in total. The van der Waals surface area contributed by atoms with E-state index < -0.39 is 33.8 Å². The molecule has 2 heterocycles. The van der Waals surface area contributed by atoms with Crippen LogP contribution in [0.25, 0.3) is 0 Å². The van der Waals surface area contributed by atoms with Crippen LogP contribution in [0, 0.1) is 0 Å². The Balaban J connectivity index is 2.38. The number of fused-ring (bicyclic) bond motifs is 1. The number of alkyl halides is 3. The average molecular weight is 215 g/mol. The van der Waals surface area contributed by atoms with Crippen molar-refractivity contribution in [3.05, 3.63) is 0 Å². The van der Waals surface area contributed by atoms with Crippen LogP contribution in [0.4, 0.5) is 13.2 Å². The number of halogens is 3. The van der Waals surface area contributed by atoms with E-state index in [0.717, 1.165) is 0 Å². The molecular weight excluding hydrogens is 211 g/mol. The third-order valence-corrected chi connectivity index (χ3v) is 4.80. The number of rotatable bonds is 0. The molecule has 2 atom stereocenters. The molecule has 0 aliphatic carbocycles. The number of nitrogens with zero attached hydrogens (tertiary/aromatic N) is 3. The summed E-state index contributed by atoms with van der Waals surface area (Å²) >= 11 is 0. The minimum atomic E-state index is -4.39. The molecule has 0 spiro atoms. The van der Waals surface area contributed by atoms with Crippen molar-refractivity contribution in [3.8, 4) is 0 Å². The van der Waals surface area contributed by atoms with Crippen molar-refractivity contribution < 1.29 is 13.2 Å². The van der Waals surface area contributed by atoms with E-state index >= 15 is 0 Å². The van der Waals surface area contributed by atoms with E-state index in [4.69, 9.17) is 0 Å². The van der Waals surface area contributed by atoms with Gasteiger partial charge in [0.25, 0.3) is 5.84 Å². The van der Waals surface area contributed by atoms with Crippen molar-refractivity contribution in [3.63, 3.8) is 0 Å². The fourth-order valence-electron chi connectivity index (χ4n) is 0.767. The first kappa shape index (κ1) is 8.36. The lowest BCUT2D eigenvalue weighted by atomic mass is 10.6. The van der Waals surface area contributed by atoms with Crippen LogP contribution >= 0.6 is 0 Å². The van der Waals surface area contributed by atoms with Crippen molar-refractivity contribution in [1.29, 1.82) is 0 Å². The standard InChI is InChI=1S/C4H4F3N3S2/c5-4(6,7)3-8-11-1-2-12(9-3)10-11/h1-2H2. The second kappa shape index (κ2) is 2.63. The lowest BCUT2D eigenvalue weighted by Gasteiger charge is -2.06. The Morgan fingerprint density at radius 2 is 1.83 bits per heavy atom. The molecule has 2 aliphatic heterocycles. The van der Waals surface area contributed by atoms with Gasteiger partial charge in [0.1, 0.15) is 0 Å². The molecule has 2 bridgehead atoms. The van der Waals surface area contributed by atoms with Gasteiger partial charge in [0.05, 0.1) is 0 Å². The van der Waals surface area contributed by atoms with Crippen LogP contribution < -0.4 is 0 Å². The maximum Gasteiger partial charge on any atom is 0.452 e. The summed E-state index contributed by atoms with van der Waals surface area (Å²) in [5.74, 6) is 0.292. The zero-order chi connectivity index (χ0) is 8.77. The third kappa shape index (κ3) is 1.45. The van der Waals surface area contributed by atoms with Crippen molar-refractivity contribution in [2.24, 2.45) is 12.5 Å². The maximum atomic E-state index is 12.1. The maximum absolute atomic E-state index is 12.1. The summed E-state index contributed by atoms with van der Waals surface area (Å²) in [6.07, 6.45) is -4.39. The highest BCUT2D eigenvalue weighted by atomic mass is 32.2. The molecule has 0 saturated heterocycles. The normalized spacial score (nSPS) is 33.8. The van der Waals surface area contributed by atoms with Gasteiger partial charge in [-0.2, -0.15) is 25.7 Å². The topological polar surface area (TPSA) is 37.1 Å². The molecule has 0 radical (unpaired) electrons. The molecule has 2 unspecified atom stereocenters. The Morgan fingerprint density at radius 1 is 1.17 bits per heavy atom. The predicted octanol–water partition coefficient (Wildman–Crippen LogP) is 1.41. The first-order valence-corrected chi connectivity index (χ1v) is 5.69. The average Bonchev–Trinajstić information content (AvgIpc) is 2.28. The first-order chi connectivity index (χ1) is 5.55. The summed E-state index contributed by atoms with van der Waals surface area (Å²) in [4.78, 5) is 0. The summed E-state index contributed by atoms with van der Waals surface area (Å²) in [6, 6.07) is 0. The molecule has 0 aromatic heterocycles. The van der Waals surface area contributed by atoms with Crippen LogP contribution in [0.15, 0.2) is 12.5 Å². The summed E-state index contributed by atoms with van der Waals surface area (Å²) in [6.45, 7) is 0. The smallest absolute Gasteiger partial charge is 0.180 e. The van der Waals surface area contributed by atoms with E-state index in [-0.39, 0.29) is 0 Å². The second-order valence-corrected chi connectivity index (χ2v) is 5.30. The Bertz CT molecular complexity index is 316. The first-order valence-electron chi connectivity index (χ1n) is 3.07. The fraction of sp³-hybridized carbons (Fsp3) is 0.750. The van der Waals surface area contributed by atoms with Crippen LogP contribution in [0.1, 0.15) is 0 Å². The van der Waals surface area contributed by atoms with E-state index in [2.05, 4.69) is 12.5 Å². The Morgan fingerprint density at radius 3 is 2.42 bits per heavy atom. The zero-order valence-electron chi connectivity index (χ0n) is 5.71. The highest BCUT2D eigenvalue weighted by Crippen LogP contribution is 2.24. The Hall–Kier alpha value is -0.240. The summed E-state index contributed by atoms with van der Waals surface area (Å²) in [5.41, 5.74) is 0. The van der Waals surface area contributed by atoms with E-state index in [1.165, 1.54) is 0 Å². The molecule has 0 aromatic rings. The largest absolute Gasteiger partial charge is 0.452 e. The summed E-state index contributed by atoms with van der Waals surface area (Å²) in [5, 5.41) is 0. The molecule has 0 fully saturated rings. The quantitative estimate of drug-likeness (QED) is 0.586. The van der Waals surface area contributed by atoms with Gasteiger partial charge in [-0.1, -0.05) is 0 Å². The van der Waals surface area contributed by atoms with Crippen molar-refractivity contribution in [2.75, 3.05) is 11.5 Å². The van der Waals surface area contributed by atoms with Gasteiger partial charge in [0.2, 0.25) is 0 Å². The zero-order valence-corrected chi connectivity index (χ0v) is 7.34. The van der Waals surface area contributed by atoms with Crippen LogP contribution in [-0.4, -0.2) is 23.5 Å². The summed E-state index contributed by atoms with van der Waals surface area (Å²) in [7, 11) is -1.49. The van der Waals surface area contributed by atoms with Crippen molar-refractivity contribution in [1.82, 2.24) is 0 Å². The number of amidine groups is 1. The number of hydrogen-bond acceptors (Lipinski definition) is 3. The Kier molecular flexibility index (Phi) is 1.83. The minimum absolute atomic E-state index is 0.631. The monoisotopic (exact) mass is 215 g/mol. The lowest BCUT2D eigenvalue weighted by Crippen LogP contribution is -2.22.